The average molecular weight is 277 g/mol. The van der Waals surface area contributed by atoms with E-state index < -0.39 is 0 Å². The van der Waals surface area contributed by atoms with Gasteiger partial charge >= 0.3 is 0 Å². The van der Waals surface area contributed by atoms with Gasteiger partial charge in [-0.1, -0.05) is 6.92 Å². The van der Waals surface area contributed by atoms with Crippen molar-refractivity contribution in [3.8, 4) is 5.75 Å². The smallest absolute Gasteiger partial charge is 0.123 e. The minimum atomic E-state index is 0.700. The second kappa shape index (κ2) is 6.43. The van der Waals surface area contributed by atoms with Crippen molar-refractivity contribution in [3.05, 3.63) is 34.3 Å². The Kier molecular flexibility index (Phi) is 4.63. The number of aromatic nitrogens is 1. The van der Waals surface area contributed by atoms with Crippen LogP contribution in [-0.4, -0.2) is 11.6 Å². The molecule has 102 valence electrons. The first-order valence-corrected chi connectivity index (χ1v) is 7.17. The normalized spacial score (nSPS) is 10.4. The monoisotopic (exact) mass is 277 g/mol. The van der Waals surface area contributed by atoms with Gasteiger partial charge in [-0.05, 0) is 19.4 Å². The van der Waals surface area contributed by atoms with Crippen LogP contribution in [0.4, 0.5) is 11.4 Å². The molecule has 0 aliphatic heterocycles. The summed E-state index contributed by atoms with van der Waals surface area (Å²) in [6.45, 7) is 5.54. The maximum absolute atomic E-state index is 5.87. The number of anilines is 2. The molecule has 0 fully saturated rings. The highest BCUT2D eigenvalue weighted by Gasteiger charge is 2.02. The molecule has 0 unspecified atom stereocenters. The average Bonchev–Trinajstić information content (AvgIpc) is 2.79. The third-order valence-corrected chi connectivity index (χ3v) is 3.43. The highest BCUT2D eigenvalue weighted by molar-refractivity contribution is 7.11. The molecule has 0 bridgehead atoms. The van der Waals surface area contributed by atoms with E-state index in [1.165, 1.54) is 4.88 Å². The number of benzene rings is 1. The molecule has 0 aliphatic rings. The van der Waals surface area contributed by atoms with Crippen molar-refractivity contribution in [1.82, 2.24) is 4.98 Å². The number of aryl methyl sites for hydroxylation is 1. The van der Waals surface area contributed by atoms with Crippen molar-refractivity contribution in [1.29, 1.82) is 0 Å². The van der Waals surface area contributed by atoms with Crippen molar-refractivity contribution in [2.75, 3.05) is 17.7 Å². The van der Waals surface area contributed by atoms with Crippen LogP contribution in [0.1, 0.15) is 23.2 Å². The number of thiazole rings is 1. The fourth-order valence-electron chi connectivity index (χ4n) is 1.69. The fraction of sp³-hybridized carbons (Fsp3) is 0.357. The summed E-state index contributed by atoms with van der Waals surface area (Å²) < 4.78 is 5.60. The van der Waals surface area contributed by atoms with Gasteiger partial charge in [0.15, 0.2) is 0 Å². The number of hydrogen-bond acceptors (Lipinski definition) is 5. The van der Waals surface area contributed by atoms with Gasteiger partial charge in [0.1, 0.15) is 10.8 Å². The molecule has 1 aromatic heterocycles. The van der Waals surface area contributed by atoms with E-state index in [1.807, 2.05) is 24.4 Å². The molecule has 0 spiro atoms. The predicted octanol–water partition coefficient (Wildman–Crippen LogP) is 3.43. The lowest BCUT2D eigenvalue weighted by Crippen LogP contribution is -2.01. The largest absolute Gasteiger partial charge is 0.493 e. The summed E-state index contributed by atoms with van der Waals surface area (Å²) in [5.41, 5.74) is 7.53. The molecule has 3 N–H and O–H groups in total. The van der Waals surface area contributed by atoms with E-state index in [4.69, 9.17) is 10.5 Å². The highest BCUT2D eigenvalue weighted by atomic mass is 32.1. The molecule has 5 heteroatoms. The molecule has 0 saturated heterocycles. The van der Waals surface area contributed by atoms with Crippen LogP contribution in [0, 0.1) is 6.92 Å². The third kappa shape index (κ3) is 4.13. The summed E-state index contributed by atoms with van der Waals surface area (Å²) in [5.74, 6) is 0.805. The SMILES string of the molecule is CCCOc1cc(N)cc(NCc2ncc(C)s2)c1. The van der Waals surface area contributed by atoms with Gasteiger partial charge in [0.25, 0.3) is 0 Å². The number of hydrogen-bond donors (Lipinski definition) is 2. The molecule has 0 atom stereocenters. The zero-order chi connectivity index (χ0) is 13.7. The van der Waals surface area contributed by atoms with Crippen molar-refractivity contribution in [3.63, 3.8) is 0 Å². The molecule has 0 aliphatic carbocycles. The van der Waals surface area contributed by atoms with Crippen LogP contribution in [0.2, 0.25) is 0 Å². The van der Waals surface area contributed by atoms with Crippen molar-refractivity contribution in [2.24, 2.45) is 0 Å². The molecule has 2 aromatic rings. The van der Waals surface area contributed by atoms with Gasteiger partial charge in [-0.2, -0.15) is 0 Å². The lowest BCUT2D eigenvalue weighted by atomic mass is 10.2. The Labute approximate surface area is 117 Å². The Hall–Kier alpha value is -1.75. The second-order valence-electron chi connectivity index (χ2n) is 4.36. The molecular weight excluding hydrogens is 258 g/mol. The summed E-state index contributed by atoms with van der Waals surface area (Å²) in [7, 11) is 0. The maximum atomic E-state index is 5.87. The van der Waals surface area contributed by atoms with Crippen LogP contribution in [-0.2, 0) is 6.54 Å². The quantitative estimate of drug-likeness (QED) is 0.794. The molecule has 0 saturated carbocycles. The number of ether oxygens (including phenoxy) is 1. The molecule has 1 heterocycles. The van der Waals surface area contributed by atoms with E-state index in [2.05, 4.69) is 24.1 Å². The third-order valence-electron chi connectivity index (χ3n) is 2.51. The van der Waals surface area contributed by atoms with Crippen LogP contribution < -0.4 is 15.8 Å². The first kappa shape index (κ1) is 13.7. The summed E-state index contributed by atoms with van der Waals surface area (Å²) in [6, 6.07) is 5.71. The Balaban J connectivity index is 2.01. The van der Waals surface area contributed by atoms with E-state index in [-0.39, 0.29) is 0 Å². The van der Waals surface area contributed by atoms with Gasteiger partial charge in [0.2, 0.25) is 0 Å². The number of nitrogens with two attached hydrogens (primary N) is 1. The Morgan fingerprint density at radius 1 is 1.37 bits per heavy atom. The van der Waals surface area contributed by atoms with Gasteiger partial charge in [-0.25, -0.2) is 4.98 Å². The van der Waals surface area contributed by atoms with Crippen LogP contribution >= 0.6 is 11.3 Å². The molecule has 19 heavy (non-hydrogen) atoms. The molecular formula is C14H19N3OS. The predicted molar refractivity (Wildman–Crippen MR) is 80.8 cm³/mol. The number of nitrogens with one attached hydrogen (secondary N) is 1. The topological polar surface area (TPSA) is 60.2 Å². The summed E-state index contributed by atoms with van der Waals surface area (Å²) in [5, 5.41) is 4.39. The summed E-state index contributed by atoms with van der Waals surface area (Å²) in [6.07, 6.45) is 2.87. The minimum absolute atomic E-state index is 0.700. The van der Waals surface area contributed by atoms with Crippen LogP contribution in [0.25, 0.3) is 0 Å². The minimum Gasteiger partial charge on any atom is -0.493 e. The zero-order valence-electron chi connectivity index (χ0n) is 11.3. The van der Waals surface area contributed by atoms with Gasteiger partial charge in [-0.3, -0.25) is 0 Å². The van der Waals surface area contributed by atoms with Gasteiger partial charge < -0.3 is 15.8 Å². The first-order chi connectivity index (χ1) is 9.17. The van der Waals surface area contributed by atoms with Gasteiger partial charge in [0, 0.05) is 34.6 Å². The van der Waals surface area contributed by atoms with Gasteiger partial charge in [-0.15, -0.1) is 11.3 Å². The maximum Gasteiger partial charge on any atom is 0.123 e. The summed E-state index contributed by atoms with van der Waals surface area (Å²) in [4.78, 5) is 5.54. The lowest BCUT2D eigenvalue weighted by Gasteiger charge is -2.10. The number of nitrogens with zero attached hydrogens (tertiary/aromatic N) is 1. The highest BCUT2D eigenvalue weighted by Crippen LogP contribution is 2.23. The molecule has 0 amide bonds. The Morgan fingerprint density at radius 2 is 2.21 bits per heavy atom. The van der Waals surface area contributed by atoms with Crippen LogP contribution in [0.15, 0.2) is 24.4 Å². The van der Waals surface area contributed by atoms with Crippen LogP contribution in [0.5, 0.6) is 5.75 Å². The van der Waals surface area contributed by atoms with E-state index in [0.29, 0.717) is 18.8 Å². The molecule has 0 radical (unpaired) electrons. The molecule has 2 rings (SSSR count). The van der Waals surface area contributed by atoms with Crippen molar-refractivity contribution >= 4 is 22.7 Å². The van der Waals surface area contributed by atoms with Gasteiger partial charge in [0.05, 0.1) is 13.2 Å². The van der Waals surface area contributed by atoms with E-state index in [0.717, 1.165) is 22.9 Å². The van der Waals surface area contributed by atoms with E-state index in [9.17, 15) is 0 Å². The number of rotatable bonds is 6. The number of nitrogen functional groups attached to an aromatic ring is 1. The van der Waals surface area contributed by atoms with Crippen LogP contribution in [0.3, 0.4) is 0 Å². The fourth-order valence-corrected chi connectivity index (χ4v) is 2.42. The molecule has 4 nitrogen and oxygen atoms in total. The van der Waals surface area contributed by atoms with Crippen molar-refractivity contribution < 1.29 is 4.74 Å². The Bertz CT molecular complexity index is 539. The standard InChI is InChI=1S/C14H19N3OS/c1-3-4-18-13-6-11(15)5-12(7-13)16-9-14-17-8-10(2)19-14/h5-8,16H,3-4,9,15H2,1-2H3. The first-order valence-electron chi connectivity index (χ1n) is 6.36. The van der Waals surface area contributed by atoms with Crippen molar-refractivity contribution in [2.45, 2.75) is 26.8 Å². The molecule has 1 aromatic carbocycles. The summed E-state index contributed by atoms with van der Waals surface area (Å²) >= 11 is 1.69. The zero-order valence-corrected chi connectivity index (χ0v) is 12.1. The van der Waals surface area contributed by atoms with E-state index >= 15 is 0 Å². The van der Waals surface area contributed by atoms with E-state index in [1.54, 1.807) is 11.3 Å². The second-order valence-corrected chi connectivity index (χ2v) is 5.68. The lowest BCUT2D eigenvalue weighted by molar-refractivity contribution is 0.318. The Morgan fingerprint density at radius 3 is 2.89 bits per heavy atom.